The summed E-state index contributed by atoms with van der Waals surface area (Å²) in [5.41, 5.74) is 2.59. The van der Waals surface area contributed by atoms with Crippen molar-refractivity contribution in [3.05, 3.63) is 23.8 Å². The van der Waals surface area contributed by atoms with E-state index in [2.05, 4.69) is 135 Å². The SMILES string of the molecule is CC12C=CC(=NO[Si](C)(C)C)C=C1CCC1C2C(O[Si](C)(C)C)CC2(C)C1CC[C@]2(O[Si](C)(C)C)C(CO[Si](C)(C)C)=NO[Si](C)(C)C. The van der Waals surface area contributed by atoms with Gasteiger partial charge in [-0.15, -0.1) is 10.3 Å². The molecule has 0 radical (unpaired) electrons. The molecule has 7 atom stereocenters. The fourth-order valence-electron chi connectivity index (χ4n) is 9.02. The van der Waals surface area contributed by atoms with Crippen LogP contribution in [0.25, 0.3) is 0 Å². The summed E-state index contributed by atoms with van der Waals surface area (Å²) in [4.78, 5) is 0. The number of oxime groups is 2. The Hall–Kier alpha value is -0.616. The van der Waals surface area contributed by atoms with E-state index in [1.807, 2.05) is 0 Å². The molecule has 4 aliphatic rings. The molecule has 0 amide bonds. The highest BCUT2D eigenvalue weighted by Crippen LogP contribution is 2.69. The quantitative estimate of drug-likeness (QED) is 0.113. The maximum absolute atomic E-state index is 7.59. The summed E-state index contributed by atoms with van der Waals surface area (Å²) in [6.07, 6.45) is 12.3. The van der Waals surface area contributed by atoms with Crippen molar-refractivity contribution in [3.8, 4) is 0 Å². The second-order valence-corrected chi connectivity index (χ2v) is 42.7. The highest BCUT2D eigenvalue weighted by atomic mass is 28.4. The predicted octanol–water partition coefficient (Wildman–Crippen LogP) is 10.4. The Balaban J connectivity index is 1.86. The lowest BCUT2D eigenvalue weighted by Crippen LogP contribution is -2.65. The first-order chi connectivity index (χ1) is 21.6. The zero-order valence-corrected chi connectivity index (χ0v) is 38.7. The first-order valence-electron chi connectivity index (χ1n) is 18.5. The second-order valence-electron chi connectivity index (χ2n) is 20.5. The van der Waals surface area contributed by atoms with Gasteiger partial charge < -0.3 is 22.3 Å². The van der Waals surface area contributed by atoms with Gasteiger partial charge in [-0.1, -0.05) is 25.5 Å². The van der Waals surface area contributed by atoms with Gasteiger partial charge in [0.2, 0.25) is 0 Å². The third kappa shape index (κ3) is 9.05. The van der Waals surface area contributed by atoms with Gasteiger partial charge in [-0.3, -0.25) is 0 Å². The fourth-order valence-corrected chi connectivity index (χ4v) is 13.0. The summed E-state index contributed by atoms with van der Waals surface area (Å²) >= 11 is 0. The van der Waals surface area contributed by atoms with E-state index >= 15 is 0 Å². The zero-order chi connectivity index (χ0) is 36.4. The monoisotopic (exact) mass is 750 g/mol. The molecular formula is C36H70N2O5Si5. The van der Waals surface area contributed by atoms with Gasteiger partial charge in [-0.05, 0) is 160 Å². The van der Waals surface area contributed by atoms with Crippen LogP contribution in [0.3, 0.4) is 0 Å². The Morgan fingerprint density at radius 3 is 1.96 bits per heavy atom. The number of hydrogen-bond acceptors (Lipinski definition) is 7. The third-order valence-corrected chi connectivity index (χ3v) is 14.8. The van der Waals surface area contributed by atoms with Gasteiger partial charge in [0.15, 0.2) is 25.0 Å². The molecule has 0 heterocycles. The van der Waals surface area contributed by atoms with E-state index in [1.54, 1.807) is 0 Å². The molecule has 0 spiro atoms. The van der Waals surface area contributed by atoms with Gasteiger partial charge in [0.05, 0.1) is 6.61 Å². The van der Waals surface area contributed by atoms with Gasteiger partial charge in [0.25, 0.3) is 16.6 Å². The lowest BCUT2D eigenvalue weighted by Gasteiger charge is -2.62. The normalized spacial score (nSPS) is 35.6. The van der Waals surface area contributed by atoms with Crippen LogP contribution in [0, 0.1) is 28.6 Å². The number of hydrogen-bond donors (Lipinski definition) is 0. The molecule has 0 bridgehead atoms. The largest absolute Gasteiger partial charge is 0.456 e. The van der Waals surface area contributed by atoms with Crippen molar-refractivity contribution in [3.63, 3.8) is 0 Å². The molecule has 3 fully saturated rings. The van der Waals surface area contributed by atoms with E-state index in [9.17, 15) is 0 Å². The van der Waals surface area contributed by atoms with Gasteiger partial charge in [-0.25, -0.2) is 0 Å². The Morgan fingerprint density at radius 1 is 0.792 bits per heavy atom. The molecule has 3 saturated carbocycles. The van der Waals surface area contributed by atoms with E-state index in [-0.39, 0.29) is 16.9 Å². The zero-order valence-electron chi connectivity index (χ0n) is 33.7. The van der Waals surface area contributed by atoms with E-state index in [1.165, 1.54) is 5.57 Å². The highest BCUT2D eigenvalue weighted by molar-refractivity contribution is 6.71. The Morgan fingerprint density at radius 2 is 1.42 bits per heavy atom. The molecule has 0 saturated heterocycles. The number of nitrogens with zero attached hydrogens (tertiary/aromatic N) is 2. The average molecular weight is 751 g/mol. The highest BCUT2D eigenvalue weighted by Gasteiger charge is 2.69. The predicted molar refractivity (Wildman–Crippen MR) is 215 cm³/mol. The molecule has 6 unspecified atom stereocenters. The molecule has 0 N–H and O–H groups in total. The van der Waals surface area contributed by atoms with Gasteiger partial charge in [0.1, 0.15) is 17.0 Å². The van der Waals surface area contributed by atoms with Crippen LogP contribution in [-0.4, -0.2) is 71.3 Å². The van der Waals surface area contributed by atoms with E-state index in [4.69, 9.17) is 27.5 Å². The summed E-state index contributed by atoms with van der Waals surface area (Å²) in [7, 11) is -9.55. The van der Waals surface area contributed by atoms with Crippen molar-refractivity contribution in [2.75, 3.05) is 6.61 Å². The molecule has 0 aromatic carbocycles. The van der Waals surface area contributed by atoms with Crippen LogP contribution in [0.1, 0.15) is 46.0 Å². The minimum Gasteiger partial charge on any atom is -0.456 e. The molecule has 0 aromatic rings. The number of fused-ring (bicyclic) bond motifs is 5. The van der Waals surface area contributed by atoms with Crippen molar-refractivity contribution >= 4 is 53.0 Å². The van der Waals surface area contributed by atoms with Crippen LogP contribution in [-0.2, 0) is 22.3 Å². The smallest absolute Gasteiger partial charge is 0.278 e. The maximum Gasteiger partial charge on any atom is 0.278 e. The average Bonchev–Trinajstić information content (AvgIpc) is 3.15. The van der Waals surface area contributed by atoms with Crippen LogP contribution in [0.2, 0.25) is 98.2 Å². The fraction of sp³-hybridized carbons (Fsp3) is 0.833. The molecule has 7 nitrogen and oxygen atoms in total. The van der Waals surface area contributed by atoms with Crippen molar-refractivity contribution in [2.45, 2.75) is 156 Å². The maximum atomic E-state index is 7.59. The first-order valence-corrected chi connectivity index (χ1v) is 35.6. The summed E-state index contributed by atoms with van der Waals surface area (Å²) in [6, 6.07) is 0. The molecule has 0 aliphatic heterocycles. The lowest BCUT2D eigenvalue weighted by molar-refractivity contribution is -0.133. The van der Waals surface area contributed by atoms with Crippen LogP contribution in [0.4, 0.5) is 0 Å². The molecule has 12 heteroatoms. The number of rotatable bonds is 12. The minimum atomic E-state index is -2.06. The summed E-state index contributed by atoms with van der Waals surface area (Å²) in [5, 5.41) is 9.71. The number of allylic oxidation sites excluding steroid dienone is 4. The molecule has 4 rings (SSSR count). The van der Waals surface area contributed by atoms with Crippen LogP contribution in [0.5, 0.6) is 0 Å². The molecule has 0 aromatic heterocycles. The van der Waals surface area contributed by atoms with Crippen molar-refractivity contribution in [2.24, 2.45) is 38.9 Å². The molecular weight excluding hydrogens is 681 g/mol. The van der Waals surface area contributed by atoms with Crippen molar-refractivity contribution < 1.29 is 22.3 Å². The molecule has 48 heavy (non-hydrogen) atoms. The summed E-state index contributed by atoms with van der Waals surface area (Å²) in [5.74, 6) is 1.39. The van der Waals surface area contributed by atoms with Gasteiger partial charge in [-0.2, -0.15) is 0 Å². The van der Waals surface area contributed by atoms with Crippen LogP contribution < -0.4 is 0 Å². The summed E-state index contributed by atoms with van der Waals surface area (Å²) in [6.45, 7) is 39.5. The third-order valence-electron chi connectivity index (χ3n) is 10.6. The Kier molecular flexibility index (Phi) is 11.2. The standard InChI is InChI=1S/C36H70N2O5Si5/c1-34-22-20-28(37-42-47(12,13)14)24-27(34)18-19-29-30-21-23-36(41-46(9,10)11,32(26-39-44(3,4)5)38-43-48(15,16)17)35(30,2)25-31(33(29)34)40-45(6,7)8/h20,22,24,29-31,33H,18-19,21,23,25-26H2,1-17H3/t29?,30?,31?,33?,34?,35?,36-/m0/s1. The van der Waals surface area contributed by atoms with E-state index in [0.717, 1.165) is 43.5 Å². The van der Waals surface area contributed by atoms with E-state index in [0.29, 0.717) is 24.4 Å². The lowest BCUT2D eigenvalue weighted by atomic mass is 9.46. The van der Waals surface area contributed by atoms with Crippen molar-refractivity contribution in [1.82, 2.24) is 0 Å². The Labute approximate surface area is 299 Å². The van der Waals surface area contributed by atoms with Crippen LogP contribution in [0.15, 0.2) is 34.1 Å². The molecule has 274 valence electrons. The second kappa shape index (κ2) is 13.4. The van der Waals surface area contributed by atoms with Gasteiger partial charge in [0, 0.05) is 16.9 Å². The van der Waals surface area contributed by atoms with Gasteiger partial charge >= 0.3 is 0 Å². The summed E-state index contributed by atoms with van der Waals surface area (Å²) < 4.78 is 34.1. The first kappa shape index (κ1) is 40.2. The topological polar surface area (TPSA) is 70.9 Å². The van der Waals surface area contributed by atoms with Crippen molar-refractivity contribution in [1.29, 1.82) is 0 Å². The minimum absolute atomic E-state index is 0.0869. The van der Waals surface area contributed by atoms with Crippen LogP contribution >= 0.6 is 0 Å². The van der Waals surface area contributed by atoms with E-state index < -0.39 is 47.2 Å². The Bertz CT molecular complexity index is 1320. The molecule has 4 aliphatic carbocycles.